The minimum atomic E-state index is -0.357. The van der Waals surface area contributed by atoms with Gasteiger partial charge in [0.1, 0.15) is 0 Å². The predicted molar refractivity (Wildman–Crippen MR) is 68.7 cm³/mol. The van der Waals surface area contributed by atoms with E-state index in [4.69, 9.17) is 5.73 Å². The molecule has 1 heterocycles. The van der Waals surface area contributed by atoms with Crippen LogP contribution in [-0.4, -0.2) is 33.7 Å². The molecule has 0 spiro atoms. The van der Waals surface area contributed by atoms with E-state index in [2.05, 4.69) is 15.3 Å². The monoisotopic (exact) mass is 254 g/mol. The van der Waals surface area contributed by atoms with Crippen molar-refractivity contribution in [1.29, 1.82) is 0 Å². The first-order valence-corrected chi connectivity index (χ1v) is 6.44. The van der Waals surface area contributed by atoms with Crippen LogP contribution in [0.3, 0.4) is 0 Å². The van der Waals surface area contributed by atoms with E-state index in [1.54, 1.807) is 12.4 Å². The molecule has 6 heteroatoms. The molecule has 3 N–H and O–H groups in total. The third-order valence-corrected chi connectivity index (χ3v) is 2.98. The Morgan fingerprint density at radius 3 is 2.53 bits per heavy atom. The average Bonchev–Trinajstić information content (AvgIpc) is 2.25. The number of rotatable bonds is 6. The first-order chi connectivity index (χ1) is 7.99. The maximum Gasteiger partial charge on any atom is 0.235 e. The van der Waals surface area contributed by atoms with Gasteiger partial charge in [-0.15, -0.1) is 0 Å². The number of carbonyl (C=O) groups excluding carboxylic acids is 1. The number of nitrogens with one attached hydrogen (secondary N) is 1. The highest BCUT2D eigenvalue weighted by molar-refractivity contribution is 7.99. The first kappa shape index (κ1) is 13.9. The molecule has 1 amide bonds. The fourth-order valence-corrected chi connectivity index (χ4v) is 2.06. The van der Waals surface area contributed by atoms with E-state index in [-0.39, 0.29) is 18.0 Å². The predicted octanol–water partition coefficient (Wildman–Crippen LogP) is 0.729. The largest absolute Gasteiger partial charge is 0.368 e. The summed E-state index contributed by atoms with van der Waals surface area (Å²) in [4.78, 5) is 19.5. The molecule has 0 saturated carbocycles. The number of aromatic nitrogens is 2. The van der Waals surface area contributed by atoms with Crippen molar-refractivity contribution in [2.24, 2.45) is 5.73 Å². The maximum atomic E-state index is 11.2. The normalized spacial score (nSPS) is 12.7. The van der Waals surface area contributed by atoms with Gasteiger partial charge in [-0.05, 0) is 12.5 Å². The van der Waals surface area contributed by atoms with Crippen molar-refractivity contribution in [3.8, 4) is 0 Å². The lowest BCUT2D eigenvalue weighted by Gasteiger charge is -2.17. The van der Waals surface area contributed by atoms with E-state index in [1.165, 1.54) is 11.8 Å². The van der Waals surface area contributed by atoms with E-state index in [0.717, 1.165) is 5.56 Å². The molecule has 0 radical (unpaired) electrons. The second-order valence-corrected chi connectivity index (χ2v) is 5.12. The van der Waals surface area contributed by atoms with Crippen molar-refractivity contribution in [2.75, 3.05) is 5.75 Å². The zero-order chi connectivity index (χ0) is 12.8. The molecule has 0 aliphatic rings. The van der Waals surface area contributed by atoms with Gasteiger partial charge in [-0.2, -0.15) is 0 Å². The zero-order valence-corrected chi connectivity index (χ0v) is 11.1. The lowest BCUT2D eigenvalue weighted by Crippen LogP contribution is -2.46. The van der Waals surface area contributed by atoms with E-state index in [0.29, 0.717) is 10.9 Å². The van der Waals surface area contributed by atoms with Crippen molar-refractivity contribution in [3.63, 3.8) is 0 Å². The fraction of sp³-hybridized carbons (Fsp3) is 0.545. The smallest absolute Gasteiger partial charge is 0.235 e. The summed E-state index contributed by atoms with van der Waals surface area (Å²) in [5.74, 6) is 0.189. The maximum absolute atomic E-state index is 11.2. The summed E-state index contributed by atoms with van der Waals surface area (Å²) in [6.07, 6.45) is 3.51. The van der Waals surface area contributed by atoms with Crippen molar-refractivity contribution in [3.05, 3.63) is 18.0 Å². The van der Waals surface area contributed by atoms with Crippen LogP contribution in [0.2, 0.25) is 0 Å². The Bertz CT molecular complexity index is 366. The Kier molecular flexibility index (Phi) is 5.37. The topological polar surface area (TPSA) is 80.9 Å². The number of aryl methyl sites for hydroxylation is 1. The van der Waals surface area contributed by atoms with Gasteiger partial charge < -0.3 is 11.1 Å². The van der Waals surface area contributed by atoms with E-state index in [1.807, 2.05) is 20.8 Å². The van der Waals surface area contributed by atoms with Gasteiger partial charge >= 0.3 is 0 Å². The van der Waals surface area contributed by atoms with Gasteiger partial charge in [0.15, 0.2) is 5.16 Å². The fourth-order valence-electron chi connectivity index (χ4n) is 1.23. The Morgan fingerprint density at radius 1 is 1.47 bits per heavy atom. The number of hydrogen-bond acceptors (Lipinski definition) is 5. The van der Waals surface area contributed by atoms with Crippen LogP contribution in [0.1, 0.15) is 19.4 Å². The number of amides is 1. The molecule has 0 saturated heterocycles. The summed E-state index contributed by atoms with van der Waals surface area (Å²) in [6.45, 7) is 5.88. The average molecular weight is 254 g/mol. The SMILES string of the molecule is Cc1cnc(SCC(NC(C)C)C(N)=O)nc1. The van der Waals surface area contributed by atoms with Gasteiger partial charge in [0.25, 0.3) is 0 Å². The van der Waals surface area contributed by atoms with Crippen LogP contribution in [0.5, 0.6) is 0 Å². The van der Waals surface area contributed by atoms with Crippen LogP contribution in [0.4, 0.5) is 0 Å². The zero-order valence-electron chi connectivity index (χ0n) is 10.3. The van der Waals surface area contributed by atoms with Gasteiger partial charge in [-0.25, -0.2) is 9.97 Å². The van der Waals surface area contributed by atoms with Crippen LogP contribution in [-0.2, 0) is 4.79 Å². The molecule has 0 bridgehead atoms. The Morgan fingerprint density at radius 2 is 2.06 bits per heavy atom. The third-order valence-electron chi connectivity index (χ3n) is 2.01. The van der Waals surface area contributed by atoms with Crippen LogP contribution < -0.4 is 11.1 Å². The number of primary amides is 1. The van der Waals surface area contributed by atoms with Crippen molar-refractivity contribution >= 4 is 17.7 Å². The van der Waals surface area contributed by atoms with E-state index >= 15 is 0 Å². The summed E-state index contributed by atoms with van der Waals surface area (Å²) < 4.78 is 0. The summed E-state index contributed by atoms with van der Waals surface area (Å²) in [5.41, 5.74) is 6.33. The van der Waals surface area contributed by atoms with Crippen LogP contribution in [0.15, 0.2) is 17.6 Å². The Hall–Kier alpha value is -1.14. The molecular weight excluding hydrogens is 236 g/mol. The number of carbonyl (C=O) groups is 1. The molecule has 0 fully saturated rings. The lowest BCUT2D eigenvalue weighted by atomic mass is 10.3. The molecule has 1 rings (SSSR count). The molecule has 1 atom stereocenters. The number of nitrogens with two attached hydrogens (primary N) is 1. The summed E-state index contributed by atoms with van der Waals surface area (Å²) in [5, 5.41) is 3.77. The second kappa shape index (κ2) is 6.56. The van der Waals surface area contributed by atoms with Crippen molar-refractivity contribution in [1.82, 2.24) is 15.3 Å². The van der Waals surface area contributed by atoms with Crippen LogP contribution in [0.25, 0.3) is 0 Å². The van der Waals surface area contributed by atoms with Gasteiger partial charge in [0.05, 0.1) is 6.04 Å². The third kappa shape index (κ3) is 5.14. The van der Waals surface area contributed by atoms with E-state index in [9.17, 15) is 4.79 Å². The Labute approximate surface area is 106 Å². The molecule has 1 aromatic rings. The minimum Gasteiger partial charge on any atom is -0.368 e. The van der Waals surface area contributed by atoms with Crippen LogP contribution in [0, 0.1) is 6.92 Å². The highest BCUT2D eigenvalue weighted by Gasteiger charge is 2.16. The number of nitrogens with zero attached hydrogens (tertiary/aromatic N) is 2. The van der Waals surface area contributed by atoms with Crippen LogP contribution >= 0.6 is 11.8 Å². The first-order valence-electron chi connectivity index (χ1n) is 5.46. The van der Waals surface area contributed by atoms with Crippen molar-refractivity contribution in [2.45, 2.75) is 38.0 Å². The molecule has 5 nitrogen and oxygen atoms in total. The standard InChI is InChI=1S/C11H18N4OS/c1-7(2)15-9(10(12)16)6-17-11-13-4-8(3)5-14-11/h4-5,7,9,15H,6H2,1-3H3,(H2,12,16). The van der Waals surface area contributed by atoms with Gasteiger partial charge in [-0.1, -0.05) is 25.6 Å². The summed E-state index contributed by atoms with van der Waals surface area (Å²) >= 11 is 1.42. The summed E-state index contributed by atoms with van der Waals surface area (Å²) in [6, 6.07) is -0.142. The highest BCUT2D eigenvalue weighted by Crippen LogP contribution is 2.13. The summed E-state index contributed by atoms with van der Waals surface area (Å²) in [7, 11) is 0. The molecule has 1 aromatic heterocycles. The molecule has 94 valence electrons. The molecule has 1 unspecified atom stereocenters. The van der Waals surface area contributed by atoms with Gasteiger partial charge in [-0.3, -0.25) is 4.79 Å². The Balaban J connectivity index is 2.51. The highest BCUT2D eigenvalue weighted by atomic mass is 32.2. The number of hydrogen-bond donors (Lipinski definition) is 2. The quantitative estimate of drug-likeness (QED) is 0.578. The lowest BCUT2D eigenvalue weighted by molar-refractivity contribution is -0.119. The molecule has 17 heavy (non-hydrogen) atoms. The second-order valence-electron chi connectivity index (χ2n) is 4.13. The molecular formula is C11H18N4OS. The van der Waals surface area contributed by atoms with E-state index < -0.39 is 0 Å². The number of thioether (sulfide) groups is 1. The minimum absolute atomic E-state index is 0.215. The van der Waals surface area contributed by atoms with Crippen molar-refractivity contribution < 1.29 is 4.79 Å². The molecule has 0 aliphatic carbocycles. The van der Waals surface area contributed by atoms with Gasteiger partial charge in [0, 0.05) is 24.2 Å². The van der Waals surface area contributed by atoms with Gasteiger partial charge in [0.2, 0.25) is 5.91 Å². The molecule has 0 aromatic carbocycles. The molecule has 0 aliphatic heterocycles.